The normalized spacial score (nSPS) is 12.4. The van der Waals surface area contributed by atoms with Crippen LogP contribution in [-0.2, 0) is 15.9 Å². The van der Waals surface area contributed by atoms with Gasteiger partial charge in [0.25, 0.3) is 0 Å². The van der Waals surface area contributed by atoms with Crippen molar-refractivity contribution in [3.8, 4) is 0 Å². The third kappa shape index (κ3) is 61.4. The van der Waals surface area contributed by atoms with Gasteiger partial charge in [-0.05, 0) is 199 Å². The van der Waals surface area contributed by atoms with E-state index >= 15 is 0 Å². The maximum Gasteiger partial charge on any atom is 0.156 e. The Morgan fingerprint density at radius 2 is 1.05 bits per heavy atom. The molecule has 0 bridgehead atoms. The van der Waals surface area contributed by atoms with Crippen LogP contribution in [0.4, 0.5) is 11.5 Å². The molecule has 530 valence electrons. The molecule has 0 radical (unpaired) electrons. The Balaban J connectivity index is -0.00000133. The number of fused-ring (bicyclic) bond motifs is 1. The minimum Gasteiger partial charge on any atom is -0.381 e. The Hall–Kier alpha value is -3.28. The summed E-state index contributed by atoms with van der Waals surface area (Å²) in [5.41, 5.74) is 12.8. The zero-order chi connectivity index (χ0) is 68.1. The molecule has 91 heavy (non-hydrogen) atoms. The molecule has 2 rings (SSSR count). The molecule has 0 amide bonds. The van der Waals surface area contributed by atoms with Crippen LogP contribution in [0.1, 0.15) is 362 Å². The van der Waals surface area contributed by atoms with Crippen molar-refractivity contribution in [3.63, 3.8) is 0 Å². The molecule has 3 atom stereocenters. The van der Waals surface area contributed by atoms with E-state index in [0.29, 0.717) is 12.2 Å². The van der Waals surface area contributed by atoms with Crippen LogP contribution in [-0.4, -0.2) is 75.8 Å². The number of nitrogens with one attached hydrogen (secondary N) is 2. The van der Waals surface area contributed by atoms with Crippen molar-refractivity contribution in [2.24, 2.45) is 16.8 Å². The summed E-state index contributed by atoms with van der Waals surface area (Å²) in [5, 5.41) is 7.09. The molecule has 1 heterocycles. The van der Waals surface area contributed by atoms with E-state index in [-0.39, 0.29) is 0 Å². The van der Waals surface area contributed by atoms with Crippen LogP contribution in [0.25, 0.3) is 6.08 Å². The number of allylic oxidation sites excluding steroid dienone is 5. The molecule has 1 aliphatic carbocycles. The van der Waals surface area contributed by atoms with Crippen molar-refractivity contribution in [3.05, 3.63) is 84.1 Å². The van der Waals surface area contributed by atoms with Crippen molar-refractivity contribution in [2.75, 3.05) is 52.8 Å². The van der Waals surface area contributed by atoms with Gasteiger partial charge in [0.15, 0.2) is 5.82 Å². The number of aromatic nitrogens is 1. The van der Waals surface area contributed by atoms with Crippen molar-refractivity contribution in [1.29, 1.82) is 0 Å². The monoisotopic (exact) mass is 1270 g/mol. The zero-order valence-corrected chi connectivity index (χ0v) is 63.6. The van der Waals surface area contributed by atoms with E-state index < -0.39 is 0 Å². The Kier molecular flexibility index (Phi) is 73.3. The van der Waals surface area contributed by atoms with Crippen molar-refractivity contribution in [1.82, 2.24) is 15.2 Å². The summed E-state index contributed by atoms with van der Waals surface area (Å²) < 4.78 is 10.5. The molecule has 0 spiro atoms. The lowest BCUT2D eigenvalue weighted by Crippen LogP contribution is -2.20. The number of hydrogen-bond acceptors (Lipinski definition) is 7. The fourth-order valence-corrected chi connectivity index (χ4v) is 11.3. The van der Waals surface area contributed by atoms with Gasteiger partial charge < -0.3 is 25.0 Å². The molecule has 3 unspecified atom stereocenters. The van der Waals surface area contributed by atoms with Gasteiger partial charge in [0.2, 0.25) is 0 Å². The first kappa shape index (κ1) is 91.9. The van der Waals surface area contributed by atoms with Gasteiger partial charge in [0.05, 0.1) is 17.9 Å². The lowest BCUT2D eigenvalue weighted by atomic mass is 9.90. The molecule has 1 aliphatic rings. The van der Waals surface area contributed by atoms with Crippen molar-refractivity contribution >= 4 is 23.8 Å². The molecular weight excluding hydrogens is 1110 g/mol. The van der Waals surface area contributed by atoms with Crippen molar-refractivity contribution in [2.45, 2.75) is 371 Å². The Bertz CT molecular complexity index is 1850. The first-order chi connectivity index (χ1) is 44.3. The van der Waals surface area contributed by atoms with Crippen LogP contribution < -0.4 is 10.6 Å². The highest BCUT2D eigenvalue weighted by atomic mass is 16.5. The number of nitrogens with zero attached hydrogens (tertiary/aromatic N) is 3. The van der Waals surface area contributed by atoms with E-state index in [9.17, 15) is 0 Å². The molecule has 2 N–H and O–H groups in total. The van der Waals surface area contributed by atoms with E-state index in [0.717, 1.165) is 80.4 Å². The second-order valence-corrected chi connectivity index (χ2v) is 26.8. The van der Waals surface area contributed by atoms with Gasteiger partial charge in [-0.1, -0.05) is 267 Å². The van der Waals surface area contributed by atoms with Crippen LogP contribution in [0, 0.1) is 18.8 Å². The number of aryl methyl sites for hydroxylation is 1. The second-order valence-electron chi connectivity index (χ2n) is 26.8. The minimum absolute atomic E-state index is 0.506. The summed E-state index contributed by atoms with van der Waals surface area (Å²) in [6.07, 6.45) is 68.1. The summed E-state index contributed by atoms with van der Waals surface area (Å²) in [4.78, 5) is 12.1. The summed E-state index contributed by atoms with van der Waals surface area (Å²) in [7, 11) is 5.90. The molecule has 1 aromatic heterocycles. The lowest BCUT2D eigenvalue weighted by Gasteiger charge is -2.19. The van der Waals surface area contributed by atoms with Gasteiger partial charge in [-0.15, -0.1) is 11.5 Å². The summed E-state index contributed by atoms with van der Waals surface area (Å²) in [6.45, 7) is 44.9. The number of methoxy groups -OCH3 is 2. The van der Waals surface area contributed by atoms with E-state index in [1.165, 1.54) is 280 Å². The van der Waals surface area contributed by atoms with Crippen molar-refractivity contribution < 1.29 is 9.47 Å². The molecule has 0 fully saturated rings. The van der Waals surface area contributed by atoms with Crippen LogP contribution in [0.5, 0.6) is 0 Å². The number of aliphatic imine (C=N–C) groups is 1. The smallest absolute Gasteiger partial charge is 0.156 e. The number of anilines is 1. The maximum atomic E-state index is 5.25. The van der Waals surface area contributed by atoms with Gasteiger partial charge in [0, 0.05) is 31.7 Å². The predicted molar refractivity (Wildman–Crippen MR) is 413 cm³/mol. The highest BCUT2D eigenvalue weighted by Crippen LogP contribution is 2.35. The maximum absolute atomic E-state index is 5.25. The molecule has 0 saturated heterocycles. The number of unbranched alkanes of at least 4 members (excludes halogenated alkanes) is 25. The minimum atomic E-state index is 0.506. The van der Waals surface area contributed by atoms with Gasteiger partial charge in [-0.3, -0.25) is 4.99 Å². The van der Waals surface area contributed by atoms with Gasteiger partial charge >= 0.3 is 0 Å². The van der Waals surface area contributed by atoms with E-state index in [2.05, 4.69) is 147 Å². The topological polar surface area (TPSA) is 71.0 Å². The summed E-state index contributed by atoms with van der Waals surface area (Å²) >= 11 is 0. The van der Waals surface area contributed by atoms with Gasteiger partial charge in [-0.2, -0.15) is 0 Å². The number of hydrogen-bond donors (Lipinski definition) is 2. The first-order valence-electron chi connectivity index (χ1n) is 38.7. The van der Waals surface area contributed by atoms with E-state index in [1.54, 1.807) is 14.2 Å². The van der Waals surface area contributed by atoms with Gasteiger partial charge in [0.1, 0.15) is 5.69 Å². The molecule has 7 nitrogen and oxygen atoms in total. The average Bonchev–Trinajstić information content (AvgIpc) is 0.869. The van der Waals surface area contributed by atoms with E-state index in [1.807, 2.05) is 25.3 Å². The quantitative estimate of drug-likeness (QED) is 0.0293. The highest BCUT2D eigenvalue weighted by molar-refractivity contribution is 5.78. The predicted octanol–water partition coefficient (Wildman–Crippen LogP) is 26.5. The zero-order valence-electron chi connectivity index (χ0n) is 63.6. The second kappa shape index (κ2) is 72.5. The van der Waals surface area contributed by atoms with E-state index in [4.69, 9.17) is 14.5 Å². The number of ether oxygens (including phenoxy) is 2. The van der Waals surface area contributed by atoms with Crippen LogP contribution in [0.2, 0.25) is 0 Å². The summed E-state index contributed by atoms with van der Waals surface area (Å²) in [5.74, 6) is 2.61. The van der Waals surface area contributed by atoms with Gasteiger partial charge in [-0.25, -0.2) is 4.98 Å². The molecule has 0 aromatic carbocycles. The SMILES string of the molecule is C=C(CCCCCCCCN(C)CCCCCC(=C)Nc1nc2c(c(C)c1N=CC)C=CCC2)CC(CC)CCCCC.C=C=CCCCCCCCCNCCCCCCCCC=C=C.CCC(C)C.CCCCCC(CC)OC.CCCCCC(CC)OC. The largest absolute Gasteiger partial charge is 0.381 e. The molecular formula is C84H157N5O2. The third-order valence-electron chi connectivity index (χ3n) is 18.0. The van der Waals surface area contributed by atoms with Crippen LogP contribution >= 0.6 is 0 Å². The molecule has 0 aliphatic heterocycles. The number of pyridine rings is 1. The Labute approximate surface area is 570 Å². The molecule has 7 heteroatoms. The van der Waals surface area contributed by atoms with Crippen LogP contribution in [0.15, 0.2) is 72.3 Å². The van der Waals surface area contributed by atoms with Crippen LogP contribution in [0.3, 0.4) is 0 Å². The number of rotatable bonds is 56. The third-order valence-corrected chi connectivity index (χ3v) is 18.0. The lowest BCUT2D eigenvalue weighted by molar-refractivity contribution is 0.0897. The Morgan fingerprint density at radius 1 is 0.604 bits per heavy atom. The standard InChI is InChI=1S/C39H66N4.C22H39N.2C9H20O.C5H12/c1-8-11-17-26-35(9-2)31-32(4)24-18-14-12-13-15-22-29-43(7)30-23-16-19-25-33(5)41-39-38(40-10-3)34(6)36-27-20-21-28-37(36)42-39;1-3-5-7-9-11-13-15-17-19-21-23-22-20-18-16-14-12-10-8-6-4-2;2*1-4-6-7-8-9(5-2)10-3;1-4-5(2)3/h10,20,27,35H,4-5,8-9,11-19,21-26,28-31H2,1-3,6-7H3,(H,41,42);5-6,23H,1-2,7-22H2;2*9H,4-8H2,1-3H3;5H,4H2,1-3H3. The first-order valence-corrected chi connectivity index (χ1v) is 38.7. The molecule has 0 saturated carbocycles. The summed E-state index contributed by atoms with van der Waals surface area (Å²) in [6, 6.07) is 0. The molecule has 1 aromatic rings. The fraction of sp³-hybridized carbons (Fsp3) is 0.786. The average molecular weight is 1270 g/mol. The fourth-order valence-electron chi connectivity index (χ4n) is 11.3. The highest BCUT2D eigenvalue weighted by Gasteiger charge is 2.17. The Morgan fingerprint density at radius 3 is 1.51 bits per heavy atom.